The molecule has 4 heteroatoms. The Morgan fingerprint density at radius 1 is 0.875 bits per heavy atom. The number of benzene rings is 3. The van der Waals surface area contributed by atoms with Crippen LogP contribution in [0.4, 0.5) is 0 Å². The summed E-state index contributed by atoms with van der Waals surface area (Å²) in [6.45, 7) is 0.152. The number of rotatable bonds is 5. The van der Waals surface area contributed by atoms with E-state index in [9.17, 15) is 4.79 Å². The maximum atomic E-state index is 12.4. The number of carbonyl (C=O) groups is 1. The standard InChI is InChI=1S/C20H15ClO3/c21-16-8-6-7-15(13-16)14-23-20(22)18-11-4-5-12-19(18)24-17-9-2-1-3-10-17/h1-13H,14H2. The highest BCUT2D eigenvalue weighted by Gasteiger charge is 2.14. The van der Waals surface area contributed by atoms with E-state index in [2.05, 4.69) is 0 Å². The second-order valence-corrected chi connectivity index (χ2v) is 5.55. The average Bonchev–Trinajstić information content (AvgIpc) is 2.61. The summed E-state index contributed by atoms with van der Waals surface area (Å²) in [5.41, 5.74) is 1.21. The molecular formula is C20H15ClO3. The van der Waals surface area contributed by atoms with Crippen LogP contribution in [0.1, 0.15) is 15.9 Å². The number of hydrogen-bond acceptors (Lipinski definition) is 3. The topological polar surface area (TPSA) is 35.5 Å². The number of carbonyl (C=O) groups excluding carboxylic acids is 1. The van der Waals surface area contributed by atoms with Crippen LogP contribution >= 0.6 is 11.6 Å². The molecule has 0 aliphatic heterocycles. The van der Waals surface area contributed by atoms with Gasteiger partial charge in [0.2, 0.25) is 0 Å². The maximum absolute atomic E-state index is 12.4. The Hall–Kier alpha value is -2.78. The third kappa shape index (κ3) is 4.15. The van der Waals surface area contributed by atoms with Gasteiger partial charge in [0.15, 0.2) is 0 Å². The van der Waals surface area contributed by atoms with Crippen molar-refractivity contribution >= 4 is 17.6 Å². The van der Waals surface area contributed by atoms with Gasteiger partial charge in [-0.1, -0.05) is 54.1 Å². The molecule has 3 rings (SSSR count). The number of hydrogen-bond donors (Lipinski definition) is 0. The Balaban J connectivity index is 1.73. The van der Waals surface area contributed by atoms with E-state index in [1.165, 1.54) is 0 Å². The Morgan fingerprint density at radius 3 is 2.42 bits per heavy atom. The largest absolute Gasteiger partial charge is 0.457 e. The first-order chi connectivity index (χ1) is 11.7. The molecule has 0 aromatic heterocycles. The third-order valence-corrected chi connectivity index (χ3v) is 3.57. The summed E-state index contributed by atoms with van der Waals surface area (Å²) in [6.07, 6.45) is 0. The molecule has 0 radical (unpaired) electrons. The maximum Gasteiger partial charge on any atom is 0.342 e. The molecule has 3 nitrogen and oxygen atoms in total. The lowest BCUT2D eigenvalue weighted by Gasteiger charge is -2.11. The molecule has 3 aromatic carbocycles. The zero-order valence-corrected chi connectivity index (χ0v) is 13.6. The van der Waals surface area contributed by atoms with Crippen LogP contribution in [-0.4, -0.2) is 5.97 Å². The Bertz CT molecular complexity index is 831. The van der Waals surface area contributed by atoms with Crippen LogP contribution in [0.5, 0.6) is 11.5 Å². The summed E-state index contributed by atoms with van der Waals surface area (Å²) in [6, 6.07) is 23.5. The molecule has 0 N–H and O–H groups in total. The van der Waals surface area contributed by atoms with Crippen LogP contribution in [0.3, 0.4) is 0 Å². The van der Waals surface area contributed by atoms with Crippen molar-refractivity contribution in [3.05, 3.63) is 95.0 Å². The SMILES string of the molecule is O=C(OCc1cccc(Cl)c1)c1ccccc1Oc1ccccc1. The molecule has 0 spiro atoms. The van der Waals surface area contributed by atoms with E-state index in [4.69, 9.17) is 21.1 Å². The molecule has 0 atom stereocenters. The van der Waals surface area contributed by atoms with Gasteiger partial charge in [0.1, 0.15) is 23.7 Å². The average molecular weight is 339 g/mol. The predicted molar refractivity (Wildman–Crippen MR) is 93.5 cm³/mol. The molecule has 0 saturated heterocycles. The van der Waals surface area contributed by atoms with Crippen LogP contribution in [0.15, 0.2) is 78.9 Å². The quantitative estimate of drug-likeness (QED) is 0.577. The Morgan fingerprint density at radius 2 is 1.62 bits per heavy atom. The molecule has 0 amide bonds. The normalized spacial score (nSPS) is 10.2. The van der Waals surface area contributed by atoms with Crippen LogP contribution < -0.4 is 4.74 Å². The van der Waals surface area contributed by atoms with Crippen molar-refractivity contribution in [1.82, 2.24) is 0 Å². The molecule has 0 bridgehead atoms. The van der Waals surface area contributed by atoms with Gasteiger partial charge in [-0.2, -0.15) is 0 Å². The number of para-hydroxylation sites is 2. The number of ether oxygens (including phenoxy) is 2. The van der Waals surface area contributed by atoms with Gasteiger partial charge in [-0.15, -0.1) is 0 Å². The Kier molecular flexibility index (Phi) is 5.14. The first kappa shape index (κ1) is 16.1. The van der Waals surface area contributed by atoms with E-state index in [-0.39, 0.29) is 6.61 Å². The van der Waals surface area contributed by atoms with E-state index in [1.807, 2.05) is 48.5 Å². The molecule has 0 fully saturated rings. The summed E-state index contributed by atoms with van der Waals surface area (Å²) in [7, 11) is 0. The molecule has 120 valence electrons. The first-order valence-corrected chi connectivity index (χ1v) is 7.84. The van der Waals surface area contributed by atoms with E-state index in [0.29, 0.717) is 22.1 Å². The van der Waals surface area contributed by atoms with Gasteiger partial charge in [-0.05, 0) is 42.0 Å². The summed E-state index contributed by atoms with van der Waals surface area (Å²) < 4.78 is 11.1. The van der Waals surface area contributed by atoms with Gasteiger partial charge in [-0.3, -0.25) is 0 Å². The minimum Gasteiger partial charge on any atom is -0.457 e. The van der Waals surface area contributed by atoms with E-state index in [0.717, 1.165) is 5.56 Å². The molecule has 0 aliphatic carbocycles. The van der Waals surface area contributed by atoms with Gasteiger partial charge >= 0.3 is 5.97 Å². The minimum absolute atomic E-state index is 0.152. The van der Waals surface area contributed by atoms with Crippen molar-refractivity contribution in [2.45, 2.75) is 6.61 Å². The van der Waals surface area contributed by atoms with Gasteiger partial charge in [0, 0.05) is 5.02 Å². The van der Waals surface area contributed by atoms with Crippen molar-refractivity contribution in [3.63, 3.8) is 0 Å². The monoisotopic (exact) mass is 338 g/mol. The predicted octanol–water partition coefficient (Wildman–Crippen LogP) is 5.49. The van der Waals surface area contributed by atoms with Crippen LogP contribution in [0.2, 0.25) is 5.02 Å². The molecule has 0 heterocycles. The molecular weight excluding hydrogens is 324 g/mol. The smallest absolute Gasteiger partial charge is 0.342 e. The second-order valence-electron chi connectivity index (χ2n) is 5.12. The third-order valence-electron chi connectivity index (χ3n) is 3.34. The lowest BCUT2D eigenvalue weighted by atomic mass is 10.2. The Labute approximate surface area is 145 Å². The van der Waals surface area contributed by atoms with E-state index < -0.39 is 5.97 Å². The van der Waals surface area contributed by atoms with Gasteiger partial charge in [0.25, 0.3) is 0 Å². The van der Waals surface area contributed by atoms with E-state index >= 15 is 0 Å². The highest BCUT2D eigenvalue weighted by atomic mass is 35.5. The summed E-state index contributed by atoms with van der Waals surface area (Å²) in [4.78, 5) is 12.4. The summed E-state index contributed by atoms with van der Waals surface area (Å²) >= 11 is 5.93. The fraction of sp³-hybridized carbons (Fsp3) is 0.0500. The summed E-state index contributed by atoms with van der Waals surface area (Å²) in [5, 5.41) is 0.608. The number of esters is 1. The van der Waals surface area contributed by atoms with Gasteiger partial charge in [0.05, 0.1) is 0 Å². The highest BCUT2D eigenvalue weighted by molar-refractivity contribution is 6.30. The lowest BCUT2D eigenvalue weighted by Crippen LogP contribution is -2.07. The van der Waals surface area contributed by atoms with Crippen molar-refractivity contribution in [2.24, 2.45) is 0 Å². The van der Waals surface area contributed by atoms with Crippen molar-refractivity contribution < 1.29 is 14.3 Å². The molecule has 0 unspecified atom stereocenters. The first-order valence-electron chi connectivity index (χ1n) is 7.46. The molecule has 3 aromatic rings. The van der Waals surface area contributed by atoms with Crippen molar-refractivity contribution in [3.8, 4) is 11.5 Å². The van der Waals surface area contributed by atoms with Crippen molar-refractivity contribution in [2.75, 3.05) is 0 Å². The molecule has 0 aliphatic rings. The zero-order chi connectivity index (χ0) is 16.8. The van der Waals surface area contributed by atoms with Gasteiger partial charge in [-0.25, -0.2) is 4.79 Å². The summed E-state index contributed by atoms with van der Waals surface area (Å²) in [5.74, 6) is 0.675. The minimum atomic E-state index is -0.443. The van der Waals surface area contributed by atoms with Gasteiger partial charge < -0.3 is 9.47 Å². The highest BCUT2D eigenvalue weighted by Crippen LogP contribution is 2.26. The zero-order valence-electron chi connectivity index (χ0n) is 12.8. The molecule has 0 saturated carbocycles. The van der Waals surface area contributed by atoms with Crippen LogP contribution in [0.25, 0.3) is 0 Å². The van der Waals surface area contributed by atoms with E-state index in [1.54, 1.807) is 30.3 Å². The van der Waals surface area contributed by atoms with Crippen LogP contribution in [-0.2, 0) is 11.3 Å². The number of halogens is 1. The second kappa shape index (κ2) is 7.66. The fourth-order valence-corrected chi connectivity index (χ4v) is 2.41. The van der Waals surface area contributed by atoms with Crippen molar-refractivity contribution in [1.29, 1.82) is 0 Å². The fourth-order valence-electron chi connectivity index (χ4n) is 2.19. The molecule has 24 heavy (non-hydrogen) atoms. The van der Waals surface area contributed by atoms with Crippen LogP contribution in [0, 0.1) is 0 Å². The lowest BCUT2D eigenvalue weighted by molar-refractivity contribution is 0.0470.